The molecular formula is C6H3N4. The van der Waals surface area contributed by atoms with Gasteiger partial charge in [-0.05, 0) is 11.3 Å². The Kier molecular flexibility index (Phi) is 1.04. The molecule has 0 aromatic carbocycles. The molecule has 0 aliphatic carbocycles. The number of hydrogen-bond donors (Lipinski definition) is 0. The SMILES string of the molecule is [c]1cc2cnnnc2cn1. The number of fused-ring (bicyclic) bond motifs is 1. The smallest absolute Gasteiger partial charge is 0.115 e. The largest absolute Gasteiger partial charge is 0.252 e. The molecule has 0 spiro atoms. The minimum Gasteiger partial charge on any atom is -0.252 e. The molecule has 47 valence electrons. The summed E-state index contributed by atoms with van der Waals surface area (Å²) in [6.07, 6.45) is 5.90. The number of rotatable bonds is 0. The fraction of sp³-hybridized carbons (Fsp3) is 0. The first kappa shape index (κ1) is 5.22. The zero-order valence-electron chi connectivity index (χ0n) is 5.02. The van der Waals surface area contributed by atoms with Gasteiger partial charge < -0.3 is 0 Å². The molecule has 0 N–H and O–H groups in total. The molecule has 0 fully saturated rings. The number of nitrogens with zero attached hydrogens (tertiary/aromatic N) is 4. The van der Waals surface area contributed by atoms with E-state index in [1.165, 1.54) is 0 Å². The summed E-state index contributed by atoms with van der Waals surface area (Å²) in [7, 11) is 0. The van der Waals surface area contributed by atoms with Gasteiger partial charge in [0.15, 0.2) is 0 Å². The van der Waals surface area contributed by atoms with E-state index in [-0.39, 0.29) is 0 Å². The molecule has 0 aliphatic heterocycles. The summed E-state index contributed by atoms with van der Waals surface area (Å²) in [6, 6.07) is 1.72. The van der Waals surface area contributed by atoms with Gasteiger partial charge in [-0.3, -0.25) is 4.98 Å². The van der Waals surface area contributed by atoms with Crippen molar-refractivity contribution in [3.8, 4) is 0 Å². The van der Waals surface area contributed by atoms with Crippen molar-refractivity contribution in [3.63, 3.8) is 0 Å². The van der Waals surface area contributed by atoms with Gasteiger partial charge in [0.1, 0.15) is 5.52 Å². The molecule has 2 heterocycles. The molecule has 2 aromatic heterocycles. The Hall–Kier alpha value is -1.58. The van der Waals surface area contributed by atoms with E-state index >= 15 is 0 Å². The van der Waals surface area contributed by atoms with E-state index in [4.69, 9.17) is 0 Å². The van der Waals surface area contributed by atoms with Crippen LogP contribution in [0.15, 0.2) is 18.5 Å². The summed E-state index contributed by atoms with van der Waals surface area (Å²) >= 11 is 0. The lowest BCUT2D eigenvalue weighted by molar-refractivity contribution is 0.893. The Labute approximate surface area is 56.9 Å². The van der Waals surface area contributed by atoms with Crippen LogP contribution < -0.4 is 0 Å². The van der Waals surface area contributed by atoms with E-state index in [2.05, 4.69) is 26.6 Å². The second-order valence-corrected chi connectivity index (χ2v) is 1.81. The lowest BCUT2D eigenvalue weighted by atomic mass is 10.3. The highest BCUT2D eigenvalue weighted by Gasteiger charge is 1.90. The van der Waals surface area contributed by atoms with Crippen LogP contribution in [0, 0.1) is 6.20 Å². The molecule has 0 saturated carbocycles. The Morgan fingerprint density at radius 3 is 3.20 bits per heavy atom. The van der Waals surface area contributed by atoms with Crippen LogP contribution in [0.5, 0.6) is 0 Å². The maximum Gasteiger partial charge on any atom is 0.115 e. The summed E-state index contributed by atoms with van der Waals surface area (Å²) < 4.78 is 0. The topological polar surface area (TPSA) is 51.6 Å². The first-order chi connectivity index (χ1) is 4.97. The predicted octanol–water partition coefficient (Wildman–Crippen LogP) is 0.220. The minimum absolute atomic E-state index is 0.744. The lowest BCUT2D eigenvalue weighted by Crippen LogP contribution is -1.86. The van der Waals surface area contributed by atoms with Crippen LogP contribution >= 0.6 is 0 Å². The fourth-order valence-electron chi connectivity index (χ4n) is 0.703. The summed E-state index contributed by atoms with van der Waals surface area (Å²) in [4.78, 5) is 3.76. The molecule has 0 bridgehead atoms. The van der Waals surface area contributed by atoms with Crippen molar-refractivity contribution in [1.82, 2.24) is 20.4 Å². The molecule has 0 unspecified atom stereocenters. The first-order valence-corrected chi connectivity index (χ1v) is 2.77. The zero-order valence-corrected chi connectivity index (χ0v) is 5.02. The molecule has 4 nitrogen and oxygen atoms in total. The van der Waals surface area contributed by atoms with Crippen LogP contribution in [0.1, 0.15) is 0 Å². The van der Waals surface area contributed by atoms with E-state index in [1.807, 2.05) is 0 Å². The van der Waals surface area contributed by atoms with Crippen LogP contribution in [0.4, 0.5) is 0 Å². The van der Waals surface area contributed by atoms with E-state index in [0.29, 0.717) is 0 Å². The third-order valence-corrected chi connectivity index (χ3v) is 1.18. The van der Waals surface area contributed by atoms with Crippen molar-refractivity contribution in [3.05, 3.63) is 24.7 Å². The quantitative estimate of drug-likeness (QED) is 0.513. The van der Waals surface area contributed by atoms with Crippen molar-refractivity contribution in [2.24, 2.45) is 0 Å². The van der Waals surface area contributed by atoms with Gasteiger partial charge in [0.05, 0.1) is 18.6 Å². The van der Waals surface area contributed by atoms with Crippen LogP contribution in [0.25, 0.3) is 10.9 Å². The highest BCUT2D eigenvalue weighted by atomic mass is 15.3. The second-order valence-electron chi connectivity index (χ2n) is 1.81. The van der Waals surface area contributed by atoms with Gasteiger partial charge in [0.2, 0.25) is 0 Å². The van der Waals surface area contributed by atoms with Gasteiger partial charge in [-0.25, -0.2) is 0 Å². The van der Waals surface area contributed by atoms with Gasteiger partial charge in [-0.1, -0.05) is 0 Å². The molecule has 2 aromatic rings. The van der Waals surface area contributed by atoms with Crippen LogP contribution in [0.3, 0.4) is 0 Å². The molecule has 2 rings (SSSR count). The molecule has 4 heteroatoms. The summed E-state index contributed by atoms with van der Waals surface area (Å²) in [5, 5.41) is 11.7. The van der Waals surface area contributed by atoms with Gasteiger partial charge in [0, 0.05) is 5.39 Å². The van der Waals surface area contributed by atoms with E-state index in [9.17, 15) is 0 Å². The Bertz CT molecular complexity index is 281. The van der Waals surface area contributed by atoms with Gasteiger partial charge in [0.25, 0.3) is 0 Å². The Morgan fingerprint density at radius 1 is 1.30 bits per heavy atom. The summed E-state index contributed by atoms with van der Waals surface area (Å²) in [6.45, 7) is 0. The van der Waals surface area contributed by atoms with Crippen molar-refractivity contribution >= 4 is 10.9 Å². The number of hydrogen-bond acceptors (Lipinski definition) is 4. The van der Waals surface area contributed by atoms with E-state index < -0.39 is 0 Å². The van der Waals surface area contributed by atoms with Crippen molar-refractivity contribution in [2.45, 2.75) is 0 Å². The maximum atomic E-state index is 3.76. The summed E-state index contributed by atoms with van der Waals surface area (Å²) in [5.41, 5.74) is 0.744. The van der Waals surface area contributed by atoms with Crippen LogP contribution in [-0.2, 0) is 0 Å². The molecule has 10 heavy (non-hydrogen) atoms. The highest BCUT2D eigenvalue weighted by molar-refractivity contribution is 5.74. The van der Waals surface area contributed by atoms with Crippen LogP contribution in [0.2, 0.25) is 0 Å². The molecule has 0 saturated heterocycles. The molecular weight excluding hydrogens is 128 g/mol. The van der Waals surface area contributed by atoms with Crippen LogP contribution in [-0.4, -0.2) is 20.4 Å². The first-order valence-electron chi connectivity index (χ1n) is 2.77. The number of pyridine rings is 1. The average Bonchev–Trinajstić information content (AvgIpc) is 2.05. The third kappa shape index (κ3) is 0.699. The standard InChI is InChI=1S/C6H3N4/c1-2-7-4-6-5(1)3-8-10-9-6/h1,3-4H. The Morgan fingerprint density at radius 2 is 2.30 bits per heavy atom. The van der Waals surface area contributed by atoms with E-state index in [0.717, 1.165) is 10.9 Å². The summed E-state index contributed by atoms with van der Waals surface area (Å²) in [5.74, 6) is 0. The Balaban J connectivity index is 2.89. The normalized spacial score (nSPS) is 10.0. The van der Waals surface area contributed by atoms with Gasteiger partial charge in [-0.2, -0.15) is 0 Å². The van der Waals surface area contributed by atoms with Crippen molar-refractivity contribution in [2.75, 3.05) is 0 Å². The average molecular weight is 131 g/mol. The van der Waals surface area contributed by atoms with E-state index in [1.54, 1.807) is 18.5 Å². The van der Waals surface area contributed by atoms with Gasteiger partial charge >= 0.3 is 0 Å². The molecule has 1 radical (unpaired) electrons. The maximum absolute atomic E-state index is 3.76. The molecule has 0 amide bonds. The molecule has 0 aliphatic rings. The monoisotopic (exact) mass is 131 g/mol. The highest BCUT2D eigenvalue weighted by Crippen LogP contribution is 2.02. The molecule has 0 atom stereocenters. The zero-order chi connectivity index (χ0) is 6.81. The predicted molar refractivity (Wildman–Crippen MR) is 34.0 cm³/mol. The fourth-order valence-corrected chi connectivity index (χ4v) is 0.703. The minimum atomic E-state index is 0.744. The van der Waals surface area contributed by atoms with Gasteiger partial charge in [-0.15, -0.1) is 10.2 Å². The second kappa shape index (κ2) is 1.98. The number of aromatic nitrogens is 4. The van der Waals surface area contributed by atoms with Crippen molar-refractivity contribution < 1.29 is 0 Å². The lowest BCUT2D eigenvalue weighted by Gasteiger charge is -1.88. The van der Waals surface area contributed by atoms with Crippen molar-refractivity contribution in [1.29, 1.82) is 0 Å². The third-order valence-electron chi connectivity index (χ3n) is 1.18.